The van der Waals surface area contributed by atoms with Crippen LogP contribution in [0.1, 0.15) is 17.1 Å². The maximum absolute atomic E-state index is 5.00. The van der Waals surface area contributed by atoms with Crippen molar-refractivity contribution >= 4 is 11.3 Å². The number of hydrogen-bond donors (Lipinski definition) is 1. The van der Waals surface area contributed by atoms with Gasteiger partial charge in [-0.15, -0.1) is 11.3 Å². The van der Waals surface area contributed by atoms with Crippen molar-refractivity contribution in [1.82, 2.24) is 10.3 Å². The molecule has 0 aliphatic heterocycles. The second-order valence-corrected chi connectivity index (χ2v) is 4.13. The Hall–Kier alpha value is -0.450. The van der Waals surface area contributed by atoms with E-state index in [1.165, 1.54) is 10.7 Å². The van der Waals surface area contributed by atoms with Gasteiger partial charge in [-0.2, -0.15) is 0 Å². The normalized spacial score (nSPS) is 10.7. The molecule has 0 saturated heterocycles. The highest BCUT2D eigenvalue weighted by atomic mass is 32.1. The first-order valence-electron chi connectivity index (χ1n) is 4.93. The molecule has 0 atom stereocenters. The number of nitrogens with zero attached hydrogens (tertiary/aromatic N) is 1. The SMILES string of the molecule is CNCCc1csc(CCCOC)n1. The van der Waals surface area contributed by atoms with Crippen molar-refractivity contribution in [1.29, 1.82) is 0 Å². The van der Waals surface area contributed by atoms with Crippen LogP contribution < -0.4 is 5.32 Å². The topological polar surface area (TPSA) is 34.1 Å². The van der Waals surface area contributed by atoms with Gasteiger partial charge in [-0.25, -0.2) is 4.98 Å². The molecule has 1 aromatic rings. The Kier molecular flexibility index (Phi) is 5.75. The molecule has 1 N–H and O–H groups in total. The van der Waals surface area contributed by atoms with Crippen molar-refractivity contribution in [3.05, 3.63) is 16.1 Å². The van der Waals surface area contributed by atoms with Crippen molar-refractivity contribution in [3.63, 3.8) is 0 Å². The molecule has 0 aliphatic rings. The van der Waals surface area contributed by atoms with Crippen LogP contribution in [0.3, 0.4) is 0 Å². The molecule has 1 aromatic heterocycles. The molecule has 0 spiro atoms. The van der Waals surface area contributed by atoms with Crippen LogP contribution in [0.4, 0.5) is 0 Å². The predicted molar refractivity (Wildman–Crippen MR) is 59.9 cm³/mol. The van der Waals surface area contributed by atoms with Crippen LogP contribution in [0.5, 0.6) is 0 Å². The Morgan fingerprint density at radius 1 is 1.50 bits per heavy atom. The van der Waals surface area contributed by atoms with E-state index < -0.39 is 0 Å². The minimum Gasteiger partial charge on any atom is -0.385 e. The van der Waals surface area contributed by atoms with Crippen molar-refractivity contribution in [2.45, 2.75) is 19.3 Å². The lowest BCUT2D eigenvalue weighted by Crippen LogP contribution is -2.10. The van der Waals surface area contributed by atoms with E-state index in [0.29, 0.717) is 0 Å². The van der Waals surface area contributed by atoms with Gasteiger partial charge < -0.3 is 10.1 Å². The maximum atomic E-state index is 5.00. The molecule has 1 heterocycles. The van der Waals surface area contributed by atoms with Crippen molar-refractivity contribution in [2.75, 3.05) is 27.3 Å². The van der Waals surface area contributed by atoms with Crippen LogP contribution in [-0.2, 0) is 17.6 Å². The summed E-state index contributed by atoms with van der Waals surface area (Å²) in [4.78, 5) is 4.54. The third-order valence-corrected chi connectivity index (χ3v) is 2.93. The van der Waals surface area contributed by atoms with E-state index >= 15 is 0 Å². The maximum Gasteiger partial charge on any atom is 0.0929 e. The number of thiazole rings is 1. The summed E-state index contributed by atoms with van der Waals surface area (Å²) in [5.74, 6) is 0. The minimum atomic E-state index is 0.825. The minimum absolute atomic E-state index is 0.825. The zero-order chi connectivity index (χ0) is 10.2. The Bertz CT molecular complexity index is 250. The van der Waals surface area contributed by atoms with Gasteiger partial charge in [-0.1, -0.05) is 0 Å². The van der Waals surface area contributed by atoms with E-state index in [1.54, 1.807) is 18.4 Å². The third-order valence-electron chi connectivity index (χ3n) is 1.97. The molecule has 4 heteroatoms. The van der Waals surface area contributed by atoms with Crippen LogP contribution in [0.15, 0.2) is 5.38 Å². The van der Waals surface area contributed by atoms with Crippen LogP contribution in [0.2, 0.25) is 0 Å². The first-order valence-corrected chi connectivity index (χ1v) is 5.81. The second-order valence-electron chi connectivity index (χ2n) is 3.18. The van der Waals surface area contributed by atoms with Gasteiger partial charge in [0.25, 0.3) is 0 Å². The number of likely N-dealkylation sites (N-methyl/N-ethyl adjacent to an activating group) is 1. The smallest absolute Gasteiger partial charge is 0.0929 e. The number of rotatable bonds is 7. The number of ether oxygens (including phenoxy) is 1. The van der Waals surface area contributed by atoms with E-state index in [1.807, 2.05) is 7.05 Å². The first kappa shape index (κ1) is 11.6. The molecule has 80 valence electrons. The van der Waals surface area contributed by atoms with Crippen molar-refractivity contribution < 1.29 is 4.74 Å². The van der Waals surface area contributed by atoms with Crippen LogP contribution in [0, 0.1) is 0 Å². The summed E-state index contributed by atoms with van der Waals surface area (Å²) in [6.45, 7) is 1.83. The quantitative estimate of drug-likeness (QED) is 0.698. The molecule has 0 aromatic carbocycles. The molecule has 0 aliphatic carbocycles. The highest BCUT2D eigenvalue weighted by Crippen LogP contribution is 2.11. The van der Waals surface area contributed by atoms with Crippen molar-refractivity contribution in [2.24, 2.45) is 0 Å². The first-order chi connectivity index (χ1) is 6.86. The van der Waals surface area contributed by atoms with Gasteiger partial charge in [0.05, 0.1) is 10.7 Å². The van der Waals surface area contributed by atoms with Crippen molar-refractivity contribution in [3.8, 4) is 0 Å². The number of methoxy groups -OCH3 is 1. The lowest BCUT2D eigenvalue weighted by molar-refractivity contribution is 0.195. The van der Waals surface area contributed by atoms with Gasteiger partial charge in [0.15, 0.2) is 0 Å². The van der Waals surface area contributed by atoms with Gasteiger partial charge in [0.1, 0.15) is 0 Å². The average Bonchev–Trinajstić information content (AvgIpc) is 2.63. The zero-order valence-electron chi connectivity index (χ0n) is 8.88. The summed E-state index contributed by atoms with van der Waals surface area (Å²) >= 11 is 1.76. The Labute approximate surface area is 89.5 Å². The summed E-state index contributed by atoms with van der Waals surface area (Å²) in [6.07, 6.45) is 3.13. The molecule has 3 nitrogen and oxygen atoms in total. The van der Waals surface area contributed by atoms with Crippen LogP contribution in [-0.4, -0.2) is 32.3 Å². The fraction of sp³-hybridized carbons (Fsp3) is 0.700. The van der Waals surface area contributed by atoms with Gasteiger partial charge in [0.2, 0.25) is 0 Å². The fourth-order valence-electron chi connectivity index (χ4n) is 1.20. The number of aryl methyl sites for hydroxylation is 1. The number of aromatic nitrogens is 1. The number of nitrogens with one attached hydrogen (secondary N) is 1. The Morgan fingerprint density at radius 3 is 3.07 bits per heavy atom. The Morgan fingerprint density at radius 2 is 2.36 bits per heavy atom. The van der Waals surface area contributed by atoms with Crippen LogP contribution in [0.25, 0.3) is 0 Å². The van der Waals surface area contributed by atoms with Gasteiger partial charge in [0, 0.05) is 38.5 Å². The third kappa shape index (κ3) is 4.17. The molecule has 0 radical (unpaired) electrons. The molecular weight excluding hydrogens is 196 g/mol. The van der Waals surface area contributed by atoms with Gasteiger partial charge in [-0.3, -0.25) is 0 Å². The molecule has 0 bridgehead atoms. The highest BCUT2D eigenvalue weighted by molar-refractivity contribution is 7.09. The van der Waals surface area contributed by atoms with Crippen LogP contribution >= 0.6 is 11.3 Å². The second kappa shape index (κ2) is 6.92. The molecule has 14 heavy (non-hydrogen) atoms. The zero-order valence-corrected chi connectivity index (χ0v) is 9.69. The fourth-order valence-corrected chi connectivity index (χ4v) is 2.07. The molecule has 1 rings (SSSR count). The van der Waals surface area contributed by atoms with E-state index in [4.69, 9.17) is 4.74 Å². The predicted octanol–water partition coefficient (Wildman–Crippen LogP) is 1.48. The summed E-state index contributed by atoms with van der Waals surface area (Å²) < 4.78 is 5.00. The largest absolute Gasteiger partial charge is 0.385 e. The van der Waals surface area contributed by atoms with E-state index in [2.05, 4.69) is 15.7 Å². The lowest BCUT2D eigenvalue weighted by Gasteiger charge is -1.96. The van der Waals surface area contributed by atoms with E-state index in [0.717, 1.165) is 32.4 Å². The summed E-state index contributed by atoms with van der Waals surface area (Å²) in [7, 11) is 3.70. The molecule has 0 unspecified atom stereocenters. The van der Waals surface area contributed by atoms with E-state index in [-0.39, 0.29) is 0 Å². The standard InChI is InChI=1S/C10H18N2OS/c1-11-6-5-9-8-14-10(12-9)4-3-7-13-2/h8,11H,3-7H2,1-2H3. The molecule has 0 saturated carbocycles. The molecular formula is C10H18N2OS. The van der Waals surface area contributed by atoms with Gasteiger partial charge in [-0.05, 0) is 13.5 Å². The average molecular weight is 214 g/mol. The molecule has 0 amide bonds. The Balaban J connectivity index is 2.27. The summed E-state index contributed by atoms with van der Waals surface area (Å²) in [6, 6.07) is 0. The number of hydrogen-bond acceptors (Lipinski definition) is 4. The summed E-state index contributed by atoms with van der Waals surface area (Å²) in [5, 5.41) is 6.50. The summed E-state index contributed by atoms with van der Waals surface area (Å²) in [5.41, 5.74) is 1.21. The molecule has 0 fully saturated rings. The lowest BCUT2D eigenvalue weighted by atomic mass is 10.3. The highest BCUT2D eigenvalue weighted by Gasteiger charge is 2.00. The monoisotopic (exact) mass is 214 g/mol. The van der Waals surface area contributed by atoms with Gasteiger partial charge >= 0.3 is 0 Å². The van der Waals surface area contributed by atoms with E-state index in [9.17, 15) is 0 Å².